The van der Waals surface area contributed by atoms with Gasteiger partial charge in [-0.1, -0.05) is 0 Å². The summed E-state index contributed by atoms with van der Waals surface area (Å²) in [5.41, 5.74) is 0.956. The molecule has 0 spiro atoms. The van der Waals surface area contributed by atoms with Crippen molar-refractivity contribution < 1.29 is 0 Å². The monoisotopic (exact) mass is 285 g/mol. The van der Waals surface area contributed by atoms with E-state index in [-0.39, 0.29) is 0 Å². The first kappa shape index (κ1) is 10.5. The first-order valence-corrected chi connectivity index (χ1v) is 12.6. The summed E-state index contributed by atoms with van der Waals surface area (Å²) in [6.07, 6.45) is 0. The molecular formula is C7H8Cl3GeN. The third kappa shape index (κ3) is 2.73. The van der Waals surface area contributed by atoms with Crippen LogP contribution < -0.4 is 3.86 Å². The molecule has 1 rings (SSSR count). The van der Waals surface area contributed by atoms with E-state index in [0.717, 1.165) is 5.69 Å². The topological polar surface area (TPSA) is 3.24 Å². The van der Waals surface area contributed by atoms with E-state index < -0.39 is 10.7 Å². The predicted molar refractivity (Wildman–Crippen MR) is 58.2 cm³/mol. The zero-order valence-corrected chi connectivity index (χ0v) is 10.8. The molecule has 0 aliphatic rings. The van der Waals surface area contributed by atoms with Crippen molar-refractivity contribution in [2.45, 2.75) is 0 Å². The van der Waals surface area contributed by atoms with E-state index in [2.05, 4.69) is 0 Å². The van der Waals surface area contributed by atoms with Gasteiger partial charge in [-0.3, -0.25) is 0 Å². The summed E-state index contributed by atoms with van der Waals surface area (Å²) in [5.74, 6) is 0. The Morgan fingerprint density at radius 3 is 2.00 bits per heavy atom. The Morgan fingerprint density at radius 1 is 1.08 bits per heavy atom. The van der Waals surface area contributed by atoms with Crippen LogP contribution in [0.3, 0.4) is 0 Å². The fraction of sp³-hybridized carbons (Fsp3) is 0.143. The average Bonchev–Trinajstić information content (AvgIpc) is 2.03. The molecule has 1 aromatic rings. The van der Waals surface area contributed by atoms with Crippen LogP contribution in [0.2, 0.25) is 0 Å². The van der Waals surface area contributed by atoms with Gasteiger partial charge in [0.1, 0.15) is 0 Å². The Hall–Kier alpha value is 0.433. The van der Waals surface area contributed by atoms with E-state index in [1.807, 2.05) is 37.4 Å². The van der Waals surface area contributed by atoms with Crippen molar-refractivity contribution in [3.05, 3.63) is 30.3 Å². The van der Waals surface area contributed by atoms with Crippen LogP contribution in [-0.2, 0) is 0 Å². The fourth-order valence-electron chi connectivity index (χ4n) is 0.798. The number of anilines is 1. The van der Waals surface area contributed by atoms with Crippen LogP contribution in [-0.4, -0.2) is 17.7 Å². The van der Waals surface area contributed by atoms with Crippen molar-refractivity contribution in [3.63, 3.8) is 0 Å². The van der Waals surface area contributed by atoms with Gasteiger partial charge in [0.2, 0.25) is 0 Å². The van der Waals surface area contributed by atoms with Crippen molar-refractivity contribution >= 4 is 46.4 Å². The Balaban J connectivity index is 2.86. The summed E-state index contributed by atoms with van der Waals surface area (Å²) in [4.78, 5) is 0. The van der Waals surface area contributed by atoms with Gasteiger partial charge < -0.3 is 0 Å². The number of hydrogen-bond acceptors (Lipinski definition) is 1. The van der Waals surface area contributed by atoms with E-state index in [0.29, 0.717) is 0 Å². The minimum atomic E-state index is -3.23. The molecule has 0 radical (unpaired) electrons. The van der Waals surface area contributed by atoms with E-state index in [4.69, 9.17) is 30.0 Å². The molecule has 0 atom stereocenters. The Bertz CT molecular complexity index is 247. The maximum atomic E-state index is 5.86. The number of para-hydroxylation sites is 1. The quantitative estimate of drug-likeness (QED) is 0.754. The summed E-state index contributed by atoms with van der Waals surface area (Å²) < 4.78 is 1.75. The summed E-state index contributed by atoms with van der Waals surface area (Å²) in [5, 5.41) is 0. The van der Waals surface area contributed by atoms with Gasteiger partial charge in [0.15, 0.2) is 0 Å². The molecule has 0 heterocycles. The second-order valence-corrected chi connectivity index (χ2v) is 17.3. The third-order valence-corrected chi connectivity index (χ3v) is 7.61. The molecule has 0 saturated heterocycles. The molecule has 5 heteroatoms. The fourth-order valence-corrected chi connectivity index (χ4v) is 3.25. The molecule has 1 nitrogen and oxygen atoms in total. The Labute approximate surface area is 87.4 Å². The SMILES string of the molecule is C[N](c1ccccc1)[Ge]([Cl])([Cl])[Cl]. The van der Waals surface area contributed by atoms with Crippen molar-refractivity contribution in [3.8, 4) is 0 Å². The van der Waals surface area contributed by atoms with Crippen molar-refractivity contribution in [1.29, 1.82) is 0 Å². The molecule has 1 aromatic carbocycles. The number of nitrogens with zero attached hydrogens (tertiary/aromatic N) is 1. The first-order chi connectivity index (χ1) is 5.52. The van der Waals surface area contributed by atoms with E-state index in [1.54, 1.807) is 3.86 Å². The van der Waals surface area contributed by atoms with Gasteiger partial charge in [-0.25, -0.2) is 0 Å². The zero-order valence-electron chi connectivity index (χ0n) is 6.47. The van der Waals surface area contributed by atoms with Gasteiger partial charge in [0.05, 0.1) is 0 Å². The Morgan fingerprint density at radius 2 is 1.58 bits per heavy atom. The molecule has 0 saturated carbocycles. The summed E-state index contributed by atoms with van der Waals surface area (Å²) in [6, 6.07) is 9.62. The van der Waals surface area contributed by atoms with Crippen LogP contribution in [0.4, 0.5) is 5.69 Å². The van der Waals surface area contributed by atoms with Crippen LogP contribution >= 0.6 is 30.0 Å². The van der Waals surface area contributed by atoms with Crippen molar-refractivity contribution in [1.82, 2.24) is 0 Å². The molecular weight excluding hydrogens is 277 g/mol. The summed E-state index contributed by atoms with van der Waals surface area (Å²) >= 11 is 0. The molecule has 0 aliphatic carbocycles. The molecule has 12 heavy (non-hydrogen) atoms. The number of rotatable bonds is 2. The minimum absolute atomic E-state index is 0.956. The predicted octanol–water partition coefficient (Wildman–Crippen LogP) is 3.27. The number of hydrogen-bond donors (Lipinski definition) is 0. The second-order valence-electron chi connectivity index (χ2n) is 2.36. The maximum absolute atomic E-state index is 5.86. The van der Waals surface area contributed by atoms with Gasteiger partial charge in [-0.2, -0.15) is 0 Å². The average molecular weight is 285 g/mol. The normalized spacial score (nSPS) is 11.3. The van der Waals surface area contributed by atoms with Gasteiger partial charge in [-0.15, -0.1) is 0 Å². The molecule has 0 bridgehead atoms. The molecule has 66 valence electrons. The van der Waals surface area contributed by atoms with Crippen molar-refractivity contribution in [2.75, 3.05) is 10.9 Å². The molecule has 0 aromatic heterocycles. The Kier molecular flexibility index (Phi) is 3.59. The van der Waals surface area contributed by atoms with Gasteiger partial charge in [0, 0.05) is 0 Å². The van der Waals surface area contributed by atoms with Crippen LogP contribution in [0.5, 0.6) is 0 Å². The number of benzene rings is 1. The van der Waals surface area contributed by atoms with Crippen LogP contribution in [0.15, 0.2) is 30.3 Å². The number of halogens is 3. The molecule has 0 fully saturated rings. The summed E-state index contributed by atoms with van der Waals surface area (Å²) in [7, 11) is 16.2. The second kappa shape index (κ2) is 4.09. The van der Waals surface area contributed by atoms with Gasteiger partial charge in [0.25, 0.3) is 0 Å². The van der Waals surface area contributed by atoms with E-state index in [1.165, 1.54) is 0 Å². The molecule has 0 amide bonds. The molecule has 0 N–H and O–H groups in total. The zero-order chi connectivity index (χ0) is 9.19. The van der Waals surface area contributed by atoms with Crippen LogP contribution in [0, 0.1) is 0 Å². The third-order valence-electron chi connectivity index (χ3n) is 1.52. The van der Waals surface area contributed by atoms with Gasteiger partial charge >= 0.3 is 87.7 Å². The van der Waals surface area contributed by atoms with Gasteiger partial charge in [-0.05, 0) is 0 Å². The van der Waals surface area contributed by atoms with E-state index >= 15 is 0 Å². The summed E-state index contributed by atoms with van der Waals surface area (Å²) in [6.45, 7) is 0. The first-order valence-electron chi connectivity index (χ1n) is 3.37. The molecule has 0 aliphatic heterocycles. The molecule has 0 unspecified atom stereocenters. The van der Waals surface area contributed by atoms with Crippen LogP contribution in [0.25, 0.3) is 0 Å². The standard InChI is InChI=1S/C7H8Cl3GeN/c1-12(11(8,9)10)7-5-3-2-4-6-7/h2-6H,1H3. The van der Waals surface area contributed by atoms with Crippen LogP contribution in [0.1, 0.15) is 0 Å². The van der Waals surface area contributed by atoms with E-state index in [9.17, 15) is 0 Å². The van der Waals surface area contributed by atoms with Crippen molar-refractivity contribution in [2.24, 2.45) is 0 Å².